The summed E-state index contributed by atoms with van der Waals surface area (Å²) >= 11 is 0. The van der Waals surface area contributed by atoms with Crippen LogP contribution < -0.4 is 0 Å². The van der Waals surface area contributed by atoms with Gasteiger partial charge in [0.15, 0.2) is 0 Å². The number of hydrogen-bond donors (Lipinski definition) is 0. The minimum Gasteiger partial charge on any atom is -0.461 e. The third-order valence-corrected chi connectivity index (χ3v) is 7.28. The summed E-state index contributed by atoms with van der Waals surface area (Å²) in [7, 11) is 0. The topological polar surface area (TPSA) is 29.5 Å². The van der Waals surface area contributed by atoms with Gasteiger partial charge in [-0.2, -0.15) is 0 Å². The van der Waals surface area contributed by atoms with Gasteiger partial charge in [-0.25, -0.2) is 0 Å². The van der Waals surface area contributed by atoms with E-state index in [-0.39, 0.29) is 5.60 Å². The second-order valence-electron chi connectivity index (χ2n) is 8.48. The van der Waals surface area contributed by atoms with E-state index in [1.54, 1.807) is 0 Å². The molecule has 0 aromatic rings. The zero-order valence-electron chi connectivity index (χ0n) is 13.8. The van der Waals surface area contributed by atoms with Crippen LogP contribution in [-0.2, 0) is 9.53 Å². The van der Waals surface area contributed by atoms with Gasteiger partial charge in [-0.05, 0) is 101 Å². The van der Waals surface area contributed by atoms with Crippen LogP contribution in [0.1, 0.15) is 64.2 Å². The van der Waals surface area contributed by atoms with E-state index in [4.69, 9.17) is 4.74 Å². The first-order valence-electron chi connectivity index (χ1n) is 9.64. The molecule has 4 bridgehead atoms. The monoisotopic (exact) mass is 305 g/mol. The van der Waals surface area contributed by atoms with Gasteiger partial charge in [0.05, 0.1) is 0 Å². The normalized spacial score (nSPS) is 44.2. The van der Waals surface area contributed by atoms with E-state index in [9.17, 15) is 4.79 Å². The van der Waals surface area contributed by atoms with E-state index < -0.39 is 0 Å². The zero-order valence-corrected chi connectivity index (χ0v) is 13.8. The lowest BCUT2D eigenvalue weighted by Crippen LogP contribution is -2.59. The molecule has 0 radical (unpaired) electrons. The van der Waals surface area contributed by atoms with E-state index in [1.165, 1.54) is 77.4 Å². The third-order valence-electron chi connectivity index (χ3n) is 7.28. The van der Waals surface area contributed by atoms with Crippen molar-refractivity contribution < 1.29 is 9.53 Å². The van der Waals surface area contributed by atoms with Crippen molar-refractivity contribution in [2.75, 3.05) is 19.6 Å². The van der Waals surface area contributed by atoms with Gasteiger partial charge in [-0.1, -0.05) is 6.42 Å². The first-order valence-corrected chi connectivity index (χ1v) is 9.64. The molecule has 0 aromatic carbocycles. The number of carbonyl (C=O) groups excluding carboxylic acids is 1. The molecule has 0 aromatic heterocycles. The van der Waals surface area contributed by atoms with Crippen molar-refractivity contribution in [3.63, 3.8) is 0 Å². The summed E-state index contributed by atoms with van der Waals surface area (Å²) in [5.74, 6) is 3.20. The molecule has 1 aliphatic heterocycles. The van der Waals surface area contributed by atoms with E-state index in [0.717, 1.165) is 24.7 Å². The molecule has 3 heteroatoms. The van der Waals surface area contributed by atoms with E-state index in [2.05, 4.69) is 4.90 Å². The van der Waals surface area contributed by atoms with Crippen LogP contribution >= 0.6 is 0 Å². The van der Waals surface area contributed by atoms with Gasteiger partial charge in [0.1, 0.15) is 5.60 Å². The molecular formula is C19H31NO2. The number of carbonyl (C=O) groups is 1. The lowest BCUT2D eigenvalue weighted by atomic mass is 9.49. The smallest absolute Gasteiger partial charge is 0.293 e. The lowest BCUT2D eigenvalue weighted by Gasteiger charge is -2.60. The summed E-state index contributed by atoms with van der Waals surface area (Å²) < 4.78 is 5.90. The molecule has 5 fully saturated rings. The highest BCUT2D eigenvalue weighted by Crippen LogP contribution is 2.60. The fourth-order valence-corrected chi connectivity index (χ4v) is 6.49. The van der Waals surface area contributed by atoms with Crippen LogP contribution in [0.25, 0.3) is 0 Å². The van der Waals surface area contributed by atoms with Crippen molar-refractivity contribution in [2.24, 2.45) is 23.7 Å². The van der Waals surface area contributed by atoms with Gasteiger partial charge >= 0.3 is 0 Å². The Bertz CT molecular complexity index is 374. The molecule has 0 amide bonds. The number of rotatable bonds is 6. The third kappa shape index (κ3) is 2.60. The standard InChI is InChI=1S/C19H31NO2/c21-14-22-19(5-4-8-20-6-2-1-3-7-20)17-10-15-9-16(12-17)13-18(19)11-15/h14-18H,1-13H2. The molecular weight excluding hydrogens is 274 g/mol. The number of nitrogens with zero attached hydrogens (tertiary/aromatic N) is 1. The lowest BCUT2D eigenvalue weighted by molar-refractivity contribution is -0.201. The Morgan fingerprint density at radius 1 is 0.955 bits per heavy atom. The highest BCUT2D eigenvalue weighted by atomic mass is 16.5. The molecule has 1 saturated heterocycles. The number of ether oxygens (including phenoxy) is 1. The second kappa shape index (κ2) is 6.14. The molecule has 5 aliphatic rings. The van der Waals surface area contributed by atoms with Crippen LogP contribution in [-0.4, -0.2) is 36.6 Å². The SMILES string of the molecule is O=COC1(CCCN2CCCCC2)C2CC3CC(C2)CC1C3. The van der Waals surface area contributed by atoms with Gasteiger partial charge in [-0.15, -0.1) is 0 Å². The Balaban J connectivity index is 1.40. The Labute approximate surface area is 134 Å². The Morgan fingerprint density at radius 2 is 1.59 bits per heavy atom. The quantitative estimate of drug-likeness (QED) is 0.702. The molecule has 0 unspecified atom stereocenters. The second-order valence-corrected chi connectivity index (χ2v) is 8.48. The maximum Gasteiger partial charge on any atom is 0.293 e. The molecule has 0 atom stereocenters. The van der Waals surface area contributed by atoms with Crippen LogP contribution in [0, 0.1) is 23.7 Å². The molecule has 4 aliphatic carbocycles. The predicted molar refractivity (Wildman–Crippen MR) is 86.5 cm³/mol. The summed E-state index contributed by atoms with van der Waals surface area (Å²) in [4.78, 5) is 13.9. The molecule has 4 saturated carbocycles. The molecule has 0 N–H and O–H groups in total. The number of hydrogen-bond acceptors (Lipinski definition) is 3. The number of likely N-dealkylation sites (tertiary alicyclic amines) is 1. The Hall–Kier alpha value is -0.570. The van der Waals surface area contributed by atoms with Crippen molar-refractivity contribution in [3.05, 3.63) is 0 Å². The van der Waals surface area contributed by atoms with Gasteiger partial charge in [0, 0.05) is 0 Å². The Kier molecular flexibility index (Phi) is 4.19. The van der Waals surface area contributed by atoms with E-state index in [1.807, 2.05) is 0 Å². The average molecular weight is 305 g/mol. The van der Waals surface area contributed by atoms with Crippen molar-refractivity contribution >= 4 is 6.47 Å². The largest absolute Gasteiger partial charge is 0.461 e. The maximum absolute atomic E-state index is 11.2. The molecule has 5 rings (SSSR count). The van der Waals surface area contributed by atoms with Crippen molar-refractivity contribution in [3.8, 4) is 0 Å². The summed E-state index contributed by atoms with van der Waals surface area (Å²) in [5.41, 5.74) is -0.0923. The molecule has 22 heavy (non-hydrogen) atoms. The van der Waals surface area contributed by atoms with Gasteiger partial charge in [0.25, 0.3) is 6.47 Å². The predicted octanol–water partition coefficient (Wildman–Crippen LogP) is 3.62. The van der Waals surface area contributed by atoms with E-state index >= 15 is 0 Å². The summed E-state index contributed by atoms with van der Waals surface area (Å²) in [6, 6.07) is 0. The highest BCUT2D eigenvalue weighted by molar-refractivity contribution is 5.39. The zero-order chi connectivity index (χ0) is 15.0. The fourth-order valence-electron chi connectivity index (χ4n) is 6.49. The minimum atomic E-state index is -0.0923. The van der Waals surface area contributed by atoms with Crippen LogP contribution in [0.5, 0.6) is 0 Å². The van der Waals surface area contributed by atoms with Gasteiger partial charge in [0.2, 0.25) is 0 Å². The molecule has 124 valence electrons. The van der Waals surface area contributed by atoms with Crippen LogP contribution in [0.4, 0.5) is 0 Å². The first-order chi connectivity index (χ1) is 10.8. The molecule has 1 heterocycles. The minimum absolute atomic E-state index is 0.0923. The maximum atomic E-state index is 11.2. The van der Waals surface area contributed by atoms with E-state index in [0.29, 0.717) is 11.8 Å². The summed E-state index contributed by atoms with van der Waals surface area (Å²) in [6.07, 6.45) is 13.2. The fraction of sp³-hybridized carbons (Fsp3) is 0.947. The highest BCUT2D eigenvalue weighted by Gasteiger charge is 2.58. The average Bonchev–Trinajstić information content (AvgIpc) is 2.53. The van der Waals surface area contributed by atoms with Gasteiger partial charge < -0.3 is 9.64 Å². The number of piperidine rings is 1. The van der Waals surface area contributed by atoms with Crippen LogP contribution in [0.2, 0.25) is 0 Å². The summed E-state index contributed by atoms with van der Waals surface area (Å²) in [6.45, 7) is 4.52. The van der Waals surface area contributed by atoms with Crippen molar-refractivity contribution in [1.82, 2.24) is 4.90 Å². The summed E-state index contributed by atoms with van der Waals surface area (Å²) in [5, 5.41) is 0. The van der Waals surface area contributed by atoms with Crippen LogP contribution in [0.3, 0.4) is 0 Å². The van der Waals surface area contributed by atoms with Crippen molar-refractivity contribution in [2.45, 2.75) is 69.8 Å². The Morgan fingerprint density at radius 3 is 2.18 bits per heavy atom. The van der Waals surface area contributed by atoms with Crippen molar-refractivity contribution in [1.29, 1.82) is 0 Å². The van der Waals surface area contributed by atoms with Gasteiger partial charge in [-0.3, -0.25) is 4.79 Å². The van der Waals surface area contributed by atoms with Crippen LogP contribution in [0.15, 0.2) is 0 Å². The molecule has 0 spiro atoms. The molecule has 3 nitrogen and oxygen atoms in total. The first kappa shape index (κ1) is 15.0.